The number of halogens is 2. The molecule has 0 aliphatic heterocycles. The smallest absolute Gasteiger partial charge is 0.305 e. The van der Waals surface area contributed by atoms with Gasteiger partial charge in [-0.2, -0.15) is 0 Å². The monoisotopic (exact) mass is 363 g/mol. The van der Waals surface area contributed by atoms with Gasteiger partial charge in [0.1, 0.15) is 0 Å². The molecule has 1 amide bonds. The van der Waals surface area contributed by atoms with Gasteiger partial charge in [-0.1, -0.05) is 29.3 Å². The molecule has 0 unspecified atom stereocenters. The standard InChI is InChI=1S/C15H19Cl2NO3S/c1-2-21-15(20)7-4-8-18-14(19)10-22-9-11-12(16)5-3-6-13(11)17/h3,5-6H,2,4,7-10H2,1H3,(H,18,19). The van der Waals surface area contributed by atoms with E-state index in [1.807, 2.05) is 0 Å². The van der Waals surface area contributed by atoms with Gasteiger partial charge in [-0.3, -0.25) is 9.59 Å². The fourth-order valence-corrected chi connectivity index (χ4v) is 3.25. The van der Waals surface area contributed by atoms with Crippen molar-refractivity contribution in [3.8, 4) is 0 Å². The Bertz CT molecular complexity index is 491. The Balaban J connectivity index is 2.17. The predicted octanol–water partition coefficient (Wildman–Crippen LogP) is 3.69. The van der Waals surface area contributed by atoms with E-state index in [1.165, 1.54) is 11.8 Å². The van der Waals surface area contributed by atoms with Crippen LogP contribution in [0.15, 0.2) is 18.2 Å². The highest BCUT2D eigenvalue weighted by Gasteiger charge is 2.08. The Morgan fingerprint density at radius 2 is 1.95 bits per heavy atom. The van der Waals surface area contributed by atoms with Gasteiger partial charge < -0.3 is 10.1 Å². The number of hydrogen-bond donors (Lipinski definition) is 1. The lowest BCUT2D eigenvalue weighted by molar-refractivity contribution is -0.143. The summed E-state index contributed by atoms with van der Waals surface area (Å²) in [4.78, 5) is 22.8. The van der Waals surface area contributed by atoms with Gasteiger partial charge >= 0.3 is 5.97 Å². The number of rotatable bonds is 9. The fraction of sp³-hybridized carbons (Fsp3) is 0.467. The molecular weight excluding hydrogens is 345 g/mol. The number of hydrogen-bond acceptors (Lipinski definition) is 4. The lowest BCUT2D eigenvalue weighted by Gasteiger charge is -2.07. The molecule has 22 heavy (non-hydrogen) atoms. The molecule has 0 saturated carbocycles. The van der Waals surface area contributed by atoms with Crippen molar-refractivity contribution in [3.63, 3.8) is 0 Å². The Hall–Kier alpha value is -0.910. The second-order valence-electron chi connectivity index (χ2n) is 4.45. The molecule has 0 radical (unpaired) electrons. The van der Waals surface area contributed by atoms with E-state index in [0.29, 0.717) is 47.5 Å². The van der Waals surface area contributed by atoms with Gasteiger partial charge in [-0.15, -0.1) is 11.8 Å². The molecular formula is C15H19Cl2NO3S. The molecule has 0 aromatic heterocycles. The van der Waals surface area contributed by atoms with Crippen LogP contribution in [0.25, 0.3) is 0 Å². The van der Waals surface area contributed by atoms with Crippen molar-refractivity contribution in [3.05, 3.63) is 33.8 Å². The fourth-order valence-electron chi connectivity index (χ4n) is 1.66. The van der Waals surface area contributed by atoms with Crippen LogP contribution in [0.4, 0.5) is 0 Å². The van der Waals surface area contributed by atoms with Gasteiger partial charge in [0.15, 0.2) is 0 Å². The number of carbonyl (C=O) groups is 2. The van der Waals surface area contributed by atoms with Gasteiger partial charge in [0, 0.05) is 28.8 Å². The van der Waals surface area contributed by atoms with Crippen molar-refractivity contribution in [1.29, 1.82) is 0 Å². The van der Waals surface area contributed by atoms with E-state index in [-0.39, 0.29) is 11.9 Å². The lowest BCUT2D eigenvalue weighted by atomic mass is 10.2. The Morgan fingerprint density at radius 3 is 2.59 bits per heavy atom. The van der Waals surface area contributed by atoms with Crippen LogP contribution in [0, 0.1) is 0 Å². The second kappa shape index (κ2) is 10.8. The maximum absolute atomic E-state index is 11.7. The zero-order chi connectivity index (χ0) is 16.4. The first-order valence-electron chi connectivity index (χ1n) is 6.97. The van der Waals surface area contributed by atoms with Gasteiger partial charge in [0.25, 0.3) is 0 Å². The van der Waals surface area contributed by atoms with Crippen LogP contribution in [0.5, 0.6) is 0 Å². The van der Waals surface area contributed by atoms with E-state index in [4.69, 9.17) is 27.9 Å². The Morgan fingerprint density at radius 1 is 1.27 bits per heavy atom. The number of amides is 1. The van der Waals surface area contributed by atoms with Crippen molar-refractivity contribution in [2.45, 2.75) is 25.5 Å². The molecule has 0 atom stereocenters. The summed E-state index contributed by atoms with van der Waals surface area (Å²) in [6.07, 6.45) is 0.891. The van der Waals surface area contributed by atoms with Crippen molar-refractivity contribution in [2.24, 2.45) is 0 Å². The molecule has 122 valence electrons. The molecule has 0 fully saturated rings. The molecule has 0 spiro atoms. The number of nitrogens with one attached hydrogen (secondary N) is 1. The first-order valence-corrected chi connectivity index (χ1v) is 8.88. The third kappa shape index (κ3) is 7.38. The Labute approximate surface area is 144 Å². The summed E-state index contributed by atoms with van der Waals surface area (Å²) >= 11 is 13.6. The van der Waals surface area contributed by atoms with Gasteiger partial charge in [-0.05, 0) is 31.0 Å². The average Bonchev–Trinajstić information content (AvgIpc) is 2.47. The molecule has 1 rings (SSSR count). The van der Waals surface area contributed by atoms with E-state index in [9.17, 15) is 9.59 Å². The van der Waals surface area contributed by atoms with Gasteiger partial charge in [0.05, 0.1) is 12.4 Å². The quantitative estimate of drug-likeness (QED) is 0.536. The number of carbonyl (C=O) groups excluding carboxylic acids is 2. The van der Waals surface area contributed by atoms with Crippen LogP contribution in [-0.4, -0.2) is 30.8 Å². The molecule has 0 bridgehead atoms. The molecule has 1 N–H and O–H groups in total. The maximum atomic E-state index is 11.7. The largest absolute Gasteiger partial charge is 0.466 e. The highest BCUT2D eigenvalue weighted by Crippen LogP contribution is 2.27. The van der Waals surface area contributed by atoms with E-state index in [0.717, 1.165) is 5.56 Å². The van der Waals surface area contributed by atoms with Crippen molar-refractivity contribution in [2.75, 3.05) is 18.9 Å². The highest BCUT2D eigenvalue weighted by atomic mass is 35.5. The molecule has 0 saturated heterocycles. The molecule has 4 nitrogen and oxygen atoms in total. The number of esters is 1. The minimum atomic E-state index is -0.237. The van der Waals surface area contributed by atoms with E-state index < -0.39 is 0 Å². The zero-order valence-electron chi connectivity index (χ0n) is 12.4. The predicted molar refractivity (Wildman–Crippen MR) is 91.5 cm³/mol. The summed E-state index contributed by atoms with van der Waals surface area (Å²) in [6.45, 7) is 2.61. The normalized spacial score (nSPS) is 10.3. The lowest BCUT2D eigenvalue weighted by Crippen LogP contribution is -2.26. The van der Waals surface area contributed by atoms with Crippen LogP contribution in [0.2, 0.25) is 10.0 Å². The first-order chi connectivity index (χ1) is 10.5. The molecule has 7 heteroatoms. The van der Waals surface area contributed by atoms with Gasteiger partial charge in [0.2, 0.25) is 5.91 Å². The summed E-state index contributed by atoms with van der Waals surface area (Å²) in [5.74, 6) is 0.590. The van der Waals surface area contributed by atoms with Crippen LogP contribution in [0.1, 0.15) is 25.3 Å². The number of thioether (sulfide) groups is 1. The summed E-state index contributed by atoms with van der Waals surface area (Å²) < 4.78 is 4.80. The molecule has 1 aromatic rings. The number of ether oxygens (including phenoxy) is 1. The molecule has 0 aliphatic rings. The summed E-state index contributed by atoms with van der Waals surface area (Å²) in [7, 11) is 0. The minimum Gasteiger partial charge on any atom is -0.466 e. The number of benzene rings is 1. The third-order valence-electron chi connectivity index (χ3n) is 2.73. The van der Waals surface area contributed by atoms with Crippen LogP contribution < -0.4 is 5.32 Å². The second-order valence-corrected chi connectivity index (χ2v) is 6.25. The maximum Gasteiger partial charge on any atom is 0.305 e. The van der Waals surface area contributed by atoms with Crippen LogP contribution in [0.3, 0.4) is 0 Å². The summed E-state index contributed by atoms with van der Waals surface area (Å²) in [5, 5.41) is 3.97. The van der Waals surface area contributed by atoms with Crippen LogP contribution >= 0.6 is 35.0 Å². The molecule has 0 heterocycles. The van der Waals surface area contributed by atoms with E-state index in [2.05, 4.69) is 5.32 Å². The van der Waals surface area contributed by atoms with Crippen molar-refractivity contribution < 1.29 is 14.3 Å². The Kier molecular flexibility index (Phi) is 9.36. The zero-order valence-corrected chi connectivity index (χ0v) is 14.7. The molecule has 0 aliphatic carbocycles. The SMILES string of the molecule is CCOC(=O)CCCNC(=O)CSCc1c(Cl)cccc1Cl. The molecule has 1 aromatic carbocycles. The summed E-state index contributed by atoms with van der Waals surface area (Å²) in [5.41, 5.74) is 0.839. The van der Waals surface area contributed by atoms with Crippen LogP contribution in [-0.2, 0) is 20.1 Å². The first kappa shape index (κ1) is 19.1. The van der Waals surface area contributed by atoms with Crippen molar-refractivity contribution >= 4 is 46.8 Å². The minimum absolute atomic E-state index is 0.0722. The average molecular weight is 364 g/mol. The van der Waals surface area contributed by atoms with Crippen molar-refractivity contribution in [1.82, 2.24) is 5.32 Å². The third-order valence-corrected chi connectivity index (χ3v) is 4.39. The van der Waals surface area contributed by atoms with Gasteiger partial charge in [-0.25, -0.2) is 0 Å². The highest BCUT2D eigenvalue weighted by molar-refractivity contribution is 7.99. The van der Waals surface area contributed by atoms with E-state index >= 15 is 0 Å². The summed E-state index contributed by atoms with van der Waals surface area (Å²) in [6, 6.07) is 5.34. The van der Waals surface area contributed by atoms with E-state index in [1.54, 1.807) is 25.1 Å². The topological polar surface area (TPSA) is 55.4 Å².